The highest BCUT2D eigenvalue weighted by Gasteiger charge is 2.68. The molecular formula is C28H41NO5Si. The number of amides is 1. The predicted molar refractivity (Wildman–Crippen MR) is 141 cm³/mol. The van der Waals surface area contributed by atoms with Gasteiger partial charge in [0.25, 0.3) is 0 Å². The molecule has 7 heteroatoms. The van der Waals surface area contributed by atoms with Crippen molar-refractivity contribution in [2.45, 2.75) is 71.3 Å². The van der Waals surface area contributed by atoms with Gasteiger partial charge >= 0.3 is 6.09 Å². The quantitative estimate of drug-likeness (QED) is 0.558. The Hall–Kier alpha value is -2.35. The number of hydrogen-bond donors (Lipinski definition) is 2. The van der Waals surface area contributed by atoms with Crippen LogP contribution in [-0.2, 0) is 15.8 Å². The third-order valence-electron chi connectivity index (χ3n) is 7.92. The van der Waals surface area contributed by atoms with Gasteiger partial charge in [-0.3, -0.25) is 4.90 Å². The molecule has 6 nitrogen and oxygen atoms in total. The Morgan fingerprint density at radius 2 is 1.57 bits per heavy atom. The zero-order valence-corrected chi connectivity index (χ0v) is 24.1. The standard InChI is InChI=1S/C28H41NO5Si/c1-18(2)27(19(3)4)28(32,20(5)6)25(22-12-14-23(30)15-13-22)24(34-35)16-29(27)26(31)33-17-21-10-8-7-9-11-21/h7-15,18-20,24-25,30,32H,16-17H2,1-6,35H3. The van der Waals surface area contributed by atoms with Crippen LogP contribution < -0.4 is 0 Å². The molecule has 2 N–H and O–H groups in total. The largest absolute Gasteiger partial charge is 0.508 e. The number of ether oxygens (including phenoxy) is 1. The number of carbonyl (C=O) groups is 1. The molecule has 0 bridgehead atoms. The molecule has 0 aromatic heterocycles. The molecule has 1 saturated heterocycles. The zero-order valence-electron chi connectivity index (χ0n) is 22.1. The number of phenolic OH excluding ortho intramolecular Hbond substituents is 1. The van der Waals surface area contributed by atoms with Gasteiger partial charge in [-0.25, -0.2) is 4.79 Å². The number of nitrogens with zero attached hydrogens (tertiary/aromatic N) is 1. The number of likely N-dealkylation sites (tertiary alicyclic amines) is 1. The fraction of sp³-hybridized carbons (Fsp3) is 0.536. The summed E-state index contributed by atoms with van der Waals surface area (Å²) in [6.45, 7) is 12.8. The van der Waals surface area contributed by atoms with E-state index in [0.717, 1.165) is 11.1 Å². The minimum Gasteiger partial charge on any atom is -0.508 e. The van der Waals surface area contributed by atoms with Crippen LogP contribution in [0.25, 0.3) is 0 Å². The van der Waals surface area contributed by atoms with Crippen LogP contribution in [0.1, 0.15) is 58.6 Å². The number of benzene rings is 2. The van der Waals surface area contributed by atoms with Crippen molar-refractivity contribution in [3.63, 3.8) is 0 Å². The minimum atomic E-state index is -1.33. The van der Waals surface area contributed by atoms with Crippen molar-refractivity contribution in [3.05, 3.63) is 65.7 Å². The molecule has 0 saturated carbocycles. The van der Waals surface area contributed by atoms with Crippen molar-refractivity contribution >= 4 is 16.6 Å². The maximum Gasteiger partial charge on any atom is 0.410 e. The van der Waals surface area contributed by atoms with Crippen LogP contribution in [0.3, 0.4) is 0 Å². The van der Waals surface area contributed by atoms with Gasteiger partial charge in [0.1, 0.15) is 28.4 Å². The van der Waals surface area contributed by atoms with E-state index in [1.165, 1.54) is 0 Å². The highest BCUT2D eigenvalue weighted by Crippen LogP contribution is 2.57. The molecule has 0 radical (unpaired) electrons. The number of piperidine rings is 1. The predicted octanol–water partition coefficient (Wildman–Crippen LogP) is 4.23. The van der Waals surface area contributed by atoms with Gasteiger partial charge in [0, 0.05) is 5.92 Å². The lowest BCUT2D eigenvalue weighted by molar-refractivity contribution is -0.228. The summed E-state index contributed by atoms with van der Waals surface area (Å²) >= 11 is 0. The van der Waals surface area contributed by atoms with Crippen molar-refractivity contribution in [2.75, 3.05) is 6.54 Å². The summed E-state index contributed by atoms with van der Waals surface area (Å²) in [5.41, 5.74) is -0.448. The summed E-state index contributed by atoms with van der Waals surface area (Å²) < 4.78 is 11.9. The molecule has 3 rings (SSSR count). The van der Waals surface area contributed by atoms with E-state index >= 15 is 0 Å². The zero-order chi connectivity index (χ0) is 26.0. The van der Waals surface area contributed by atoms with Crippen molar-refractivity contribution in [3.8, 4) is 5.75 Å². The third-order valence-corrected chi connectivity index (χ3v) is 8.52. The van der Waals surface area contributed by atoms with Crippen molar-refractivity contribution in [2.24, 2.45) is 17.8 Å². The highest BCUT2D eigenvalue weighted by atomic mass is 28.2. The van der Waals surface area contributed by atoms with Crippen LogP contribution >= 0.6 is 0 Å². The number of hydrogen-bond acceptors (Lipinski definition) is 5. The van der Waals surface area contributed by atoms with Crippen LogP contribution in [0.2, 0.25) is 0 Å². The number of carbonyl (C=O) groups excluding carboxylic acids is 1. The van der Waals surface area contributed by atoms with Crippen LogP contribution in [0.15, 0.2) is 54.6 Å². The molecule has 192 valence electrons. The first kappa shape index (κ1) is 27.2. The van der Waals surface area contributed by atoms with Crippen LogP contribution in [-0.4, -0.2) is 55.5 Å². The van der Waals surface area contributed by atoms with E-state index in [1.54, 1.807) is 17.0 Å². The van der Waals surface area contributed by atoms with Crippen LogP contribution in [0.4, 0.5) is 4.79 Å². The van der Waals surface area contributed by atoms with Gasteiger partial charge in [-0.1, -0.05) is 84.0 Å². The van der Waals surface area contributed by atoms with E-state index in [9.17, 15) is 15.0 Å². The van der Waals surface area contributed by atoms with Gasteiger partial charge in [-0.2, -0.15) is 0 Å². The van der Waals surface area contributed by atoms with Gasteiger partial charge in [-0.05, 0) is 41.0 Å². The molecule has 1 aliphatic heterocycles. The molecule has 3 unspecified atom stereocenters. The smallest absolute Gasteiger partial charge is 0.410 e. The Morgan fingerprint density at radius 3 is 2.06 bits per heavy atom. The first-order valence-electron chi connectivity index (χ1n) is 12.5. The van der Waals surface area contributed by atoms with E-state index in [-0.39, 0.29) is 36.0 Å². The van der Waals surface area contributed by atoms with Gasteiger partial charge in [0.15, 0.2) is 0 Å². The highest BCUT2D eigenvalue weighted by molar-refractivity contribution is 5.98. The monoisotopic (exact) mass is 499 g/mol. The normalized spacial score (nSPS) is 24.3. The first-order chi connectivity index (χ1) is 16.5. The van der Waals surface area contributed by atoms with E-state index in [1.807, 2.05) is 56.3 Å². The van der Waals surface area contributed by atoms with Crippen molar-refractivity contribution < 1.29 is 24.2 Å². The van der Waals surface area contributed by atoms with Gasteiger partial charge in [-0.15, -0.1) is 0 Å². The molecule has 1 aliphatic rings. The molecule has 0 aliphatic carbocycles. The maximum atomic E-state index is 13.8. The Kier molecular flexibility index (Phi) is 8.35. The second kappa shape index (κ2) is 10.7. The van der Waals surface area contributed by atoms with Gasteiger partial charge in [0.05, 0.1) is 18.2 Å². The average molecular weight is 500 g/mol. The second-order valence-electron chi connectivity index (χ2n) is 10.6. The molecule has 2 aromatic rings. The lowest BCUT2D eigenvalue weighted by atomic mass is 9.52. The average Bonchev–Trinajstić information content (AvgIpc) is 2.82. The summed E-state index contributed by atoms with van der Waals surface area (Å²) in [7, 11) is 0.450. The lowest BCUT2D eigenvalue weighted by Crippen LogP contribution is -2.80. The first-order valence-corrected chi connectivity index (χ1v) is 13.4. The van der Waals surface area contributed by atoms with E-state index in [0.29, 0.717) is 17.0 Å². The summed E-state index contributed by atoms with van der Waals surface area (Å²) in [6, 6.07) is 16.6. The number of phenols is 1. The molecule has 35 heavy (non-hydrogen) atoms. The Morgan fingerprint density at radius 1 is 1.00 bits per heavy atom. The second-order valence-corrected chi connectivity index (χ2v) is 11.1. The lowest BCUT2D eigenvalue weighted by Gasteiger charge is -2.66. The van der Waals surface area contributed by atoms with Crippen LogP contribution in [0.5, 0.6) is 5.75 Å². The Balaban J connectivity index is 2.16. The molecule has 1 amide bonds. The molecule has 1 heterocycles. The summed E-state index contributed by atoms with van der Waals surface area (Å²) in [5, 5.41) is 22.8. The van der Waals surface area contributed by atoms with Gasteiger partial charge < -0.3 is 19.4 Å². The van der Waals surface area contributed by atoms with E-state index in [4.69, 9.17) is 9.16 Å². The molecule has 2 aromatic carbocycles. The molecular weight excluding hydrogens is 458 g/mol. The fourth-order valence-electron chi connectivity index (χ4n) is 6.61. The maximum absolute atomic E-state index is 13.8. The molecule has 3 atom stereocenters. The fourth-order valence-corrected chi connectivity index (χ4v) is 7.03. The number of aromatic hydroxyl groups is 1. The van der Waals surface area contributed by atoms with Gasteiger partial charge in [0.2, 0.25) is 0 Å². The summed E-state index contributed by atoms with van der Waals surface area (Å²) in [4.78, 5) is 15.5. The Labute approximate surface area is 212 Å². The minimum absolute atomic E-state index is 0.0751. The number of aliphatic hydroxyl groups is 1. The Bertz CT molecular complexity index is 971. The van der Waals surface area contributed by atoms with E-state index in [2.05, 4.69) is 27.7 Å². The SMILES string of the molecule is CC(C)C1(O)C(c2ccc(O)cc2)C(O[SiH3])CN(C(=O)OCc2ccccc2)C1(C(C)C)C(C)C. The topological polar surface area (TPSA) is 79.2 Å². The molecule has 0 spiro atoms. The van der Waals surface area contributed by atoms with E-state index < -0.39 is 23.3 Å². The number of rotatable bonds is 7. The summed E-state index contributed by atoms with van der Waals surface area (Å²) in [6.07, 6.45) is -0.850. The third kappa shape index (κ3) is 4.61. The molecule has 1 fully saturated rings. The van der Waals surface area contributed by atoms with Crippen LogP contribution in [0, 0.1) is 17.8 Å². The summed E-state index contributed by atoms with van der Waals surface area (Å²) in [5.74, 6) is -0.563. The van der Waals surface area contributed by atoms with Crippen molar-refractivity contribution in [1.82, 2.24) is 4.90 Å². The van der Waals surface area contributed by atoms with Crippen molar-refractivity contribution in [1.29, 1.82) is 0 Å².